The van der Waals surface area contributed by atoms with E-state index in [9.17, 15) is 14.4 Å². The summed E-state index contributed by atoms with van der Waals surface area (Å²) in [4.78, 5) is 47.9. The second kappa shape index (κ2) is 11.7. The second-order valence-corrected chi connectivity index (χ2v) is 12.0. The number of aryl methyl sites for hydroxylation is 1. The maximum atomic E-state index is 14.4. The Morgan fingerprint density at radius 2 is 1.87 bits per heavy atom. The van der Waals surface area contributed by atoms with E-state index in [4.69, 9.17) is 16.3 Å². The minimum Gasteiger partial charge on any atom is -0.375 e. The van der Waals surface area contributed by atoms with Crippen LogP contribution in [0, 0.1) is 12.8 Å². The average Bonchev–Trinajstić information content (AvgIpc) is 3.67. The van der Waals surface area contributed by atoms with Crippen LogP contribution in [0.5, 0.6) is 0 Å². The number of hydrogen-bond acceptors (Lipinski definition) is 7. The van der Waals surface area contributed by atoms with Gasteiger partial charge in [0.05, 0.1) is 12.0 Å². The molecule has 2 aromatic heterocycles. The van der Waals surface area contributed by atoms with Crippen molar-refractivity contribution in [1.82, 2.24) is 15.1 Å². The number of piperazine rings is 1. The number of rotatable bonds is 7. The number of nitrogens with one attached hydrogen (secondary N) is 1. The lowest BCUT2D eigenvalue weighted by molar-refractivity contribution is -0.148. The minimum atomic E-state index is -0.839. The number of thiophene rings is 2. The smallest absolute Gasteiger partial charge is 0.249 e. The molecule has 7 nitrogen and oxygen atoms in total. The molecule has 0 spiro atoms. The predicted octanol–water partition coefficient (Wildman–Crippen LogP) is 4.38. The zero-order valence-corrected chi connectivity index (χ0v) is 23.7. The highest BCUT2D eigenvalue weighted by Gasteiger charge is 2.58. The van der Waals surface area contributed by atoms with Crippen LogP contribution in [-0.4, -0.2) is 73.3 Å². The van der Waals surface area contributed by atoms with Crippen LogP contribution in [-0.2, 0) is 14.3 Å². The molecule has 0 bridgehead atoms. The van der Waals surface area contributed by atoms with Crippen molar-refractivity contribution in [2.24, 2.45) is 5.92 Å². The first-order valence-corrected chi connectivity index (χ1v) is 14.7. The van der Waals surface area contributed by atoms with Gasteiger partial charge in [0.2, 0.25) is 11.8 Å². The van der Waals surface area contributed by atoms with Crippen molar-refractivity contribution in [3.63, 3.8) is 0 Å². The summed E-state index contributed by atoms with van der Waals surface area (Å²) >= 11 is 9.32. The normalized spacial score (nSPS) is 23.6. The summed E-state index contributed by atoms with van der Waals surface area (Å²) in [6, 6.07) is 11.3. The lowest BCUT2D eigenvalue weighted by Gasteiger charge is -2.36. The zero-order valence-electron chi connectivity index (χ0n) is 21.3. The van der Waals surface area contributed by atoms with Gasteiger partial charge in [0, 0.05) is 59.5 Å². The Morgan fingerprint density at radius 3 is 2.50 bits per heavy atom. The molecule has 38 heavy (non-hydrogen) atoms. The number of amides is 2. The Hall–Kier alpha value is -2.56. The Labute approximate surface area is 235 Å². The van der Waals surface area contributed by atoms with E-state index < -0.39 is 23.9 Å². The van der Waals surface area contributed by atoms with Crippen molar-refractivity contribution in [1.29, 1.82) is 0 Å². The lowest BCUT2D eigenvalue weighted by Crippen LogP contribution is -2.55. The van der Waals surface area contributed by atoms with Crippen LogP contribution in [0.4, 0.5) is 0 Å². The molecule has 4 atom stereocenters. The van der Waals surface area contributed by atoms with Gasteiger partial charge in [0.1, 0.15) is 12.6 Å². The Bertz CT molecular complexity index is 1300. The standard InChI is InChI=1S/C28H30ClN3O4S2/c1-17-8-14-38-27(17)24-23(26(34)18-5-3-6-19(29)15-18)22(20-7-4-13-37-20)25(32(24)21(33)16-36-2)28(35)31-11-9-30-10-12-31/h3-8,13-15,22-25,30H,9-12,16H2,1-2H3. The van der Waals surface area contributed by atoms with Crippen LogP contribution in [0.3, 0.4) is 0 Å². The monoisotopic (exact) mass is 571 g/mol. The highest BCUT2D eigenvalue weighted by molar-refractivity contribution is 7.10. The Morgan fingerprint density at radius 1 is 1.08 bits per heavy atom. The van der Waals surface area contributed by atoms with Gasteiger partial charge in [0.15, 0.2) is 5.78 Å². The molecule has 0 saturated carbocycles. The largest absolute Gasteiger partial charge is 0.375 e. The highest BCUT2D eigenvalue weighted by Crippen LogP contribution is 2.54. The number of Topliss-reactive ketones (excluding diaryl/α,β-unsaturated/α-hetero) is 1. The van der Waals surface area contributed by atoms with Crippen LogP contribution in [0.1, 0.15) is 37.6 Å². The number of carbonyl (C=O) groups is 3. The van der Waals surface area contributed by atoms with E-state index in [2.05, 4.69) is 5.32 Å². The van der Waals surface area contributed by atoms with Crippen LogP contribution >= 0.6 is 34.3 Å². The van der Waals surface area contributed by atoms with Crippen molar-refractivity contribution in [2.45, 2.75) is 24.9 Å². The van der Waals surface area contributed by atoms with Gasteiger partial charge in [-0.2, -0.15) is 0 Å². The molecule has 2 fully saturated rings. The number of carbonyl (C=O) groups excluding carboxylic acids is 3. The molecule has 2 saturated heterocycles. The molecule has 0 radical (unpaired) electrons. The fourth-order valence-electron chi connectivity index (χ4n) is 5.70. The number of halogens is 1. The summed E-state index contributed by atoms with van der Waals surface area (Å²) in [5.74, 6) is -1.76. The number of benzene rings is 1. The fourth-order valence-corrected chi connectivity index (χ4v) is 7.86. The molecule has 200 valence electrons. The summed E-state index contributed by atoms with van der Waals surface area (Å²) in [5, 5.41) is 7.67. The van der Waals surface area contributed by atoms with E-state index in [1.807, 2.05) is 40.8 Å². The molecule has 4 heterocycles. The average molecular weight is 572 g/mol. The molecular formula is C28H30ClN3O4S2. The maximum Gasteiger partial charge on any atom is 0.249 e. The van der Waals surface area contributed by atoms with Crippen molar-refractivity contribution in [3.05, 3.63) is 79.1 Å². The molecule has 1 N–H and O–H groups in total. The number of hydrogen-bond donors (Lipinski definition) is 1. The van der Waals surface area contributed by atoms with Crippen molar-refractivity contribution >= 4 is 51.9 Å². The Balaban J connectivity index is 1.72. The molecule has 5 rings (SSSR count). The quantitative estimate of drug-likeness (QED) is 0.426. The summed E-state index contributed by atoms with van der Waals surface area (Å²) < 4.78 is 5.29. The van der Waals surface area contributed by atoms with E-state index in [0.717, 1.165) is 15.3 Å². The number of ketones is 1. The van der Waals surface area contributed by atoms with Crippen LogP contribution in [0.15, 0.2) is 53.2 Å². The molecule has 1 aromatic carbocycles. The molecule has 3 aromatic rings. The van der Waals surface area contributed by atoms with Gasteiger partial charge in [0.25, 0.3) is 0 Å². The minimum absolute atomic E-state index is 0.130. The third kappa shape index (κ3) is 5.05. The number of methoxy groups -OCH3 is 1. The number of ether oxygens (including phenoxy) is 1. The Kier molecular flexibility index (Phi) is 8.30. The molecule has 2 amide bonds. The predicted molar refractivity (Wildman–Crippen MR) is 150 cm³/mol. The van der Waals surface area contributed by atoms with E-state index >= 15 is 0 Å². The topological polar surface area (TPSA) is 79.0 Å². The van der Waals surface area contributed by atoms with Crippen molar-refractivity contribution in [2.75, 3.05) is 39.9 Å². The van der Waals surface area contributed by atoms with Crippen molar-refractivity contribution in [3.8, 4) is 0 Å². The third-order valence-corrected chi connectivity index (χ3v) is 9.66. The zero-order chi connectivity index (χ0) is 26.8. The maximum absolute atomic E-state index is 14.4. The fraction of sp³-hybridized carbons (Fsp3) is 0.393. The van der Waals surface area contributed by atoms with Gasteiger partial charge in [-0.15, -0.1) is 22.7 Å². The van der Waals surface area contributed by atoms with Crippen molar-refractivity contribution < 1.29 is 19.1 Å². The van der Waals surface area contributed by atoms with Gasteiger partial charge in [-0.3, -0.25) is 14.4 Å². The van der Waals surface area contributed by atoms with E-state index in [0.29, 0.717) is 36.8 Å². The third-order valence-electron chi connectivity index (χ3n) is 7.36. The number of likely N-dealkylation sites (tertiary alicyclic amines) is 1. The first-order valence-electron chi connectivity index (χ1n) is 12.6. The summed E-state index contributed by atoms with van der Waals surface area (Å²) in [5.41, 5.74) is 1.46. The summed E-state index contributed by atoms with van der Waals surface area (Å²) in [6.07, 6.45) is 0. The van der Waals surface area contributed by atoms with Crippen LogP contribution in [0.2, 0.25) is 5.02 Å². The molecule has 10 heteroatoms. The SMILES string of the molecule is COCC(=O)N1C(C(=O)N2CCNCC2)C(c2cccs2)C(C(=O)c2cccc(Cl)c2)C1c1sccc1C. The van der Waals surface area contributed by atoms with E-state index in [-0.39, 0.29) is 24.2 Å². The molecule has 2 aliphatic rings. The molecular weight excluding hydrogens is 542 g/mol. The molecule has 0 aliphatic carbocycles. The first kappa shape index (κ1) is 27.0. The summed E-state index contributed by atoms with van der Waals surface area (Å²) in [6.45, 7) is 4.28. The van der Waals surface area contributed by atoms with Gasteiger partial charge < -0.3 is 19.9 Å². The highest BCUT2D eigenvalue weighted by atomic mass is 35.5. The van der Waals surface area contributed by atoms with E-state index in [1.165, 1.54) is 29.8 Å². The number of nitrogens with zero attached hydrogens (tertiary/aromatic N) is 2. The first-order chi connectivity index (χ1) is 18.4. The summed E-state index contributed by atoms with van der Waals surface area (Å²) in [7, 11) is 1.47. The lowest BCUT2D eigenvalue weighted by atomic mass is 9.79. The second-order valence-electron chi connectivity index (χ2n) is 9.61. The van der Waals surface area contributed by atoms with Gasteiger partial charge in [-0.05, 0) is 47.5 Å². The van der Waals surface area contributed by atoms with Gasteiger partial charge >= 0.3 is 0 Å². The molecule has 2 aliphatic heterocycles. The van der Waals surface area contributed by atoms with Gasteiger partial charge in [-0.25, -0.2) is 0 Å². The van der Waals surface area contributed by atoms with Gasteiger partial charge in [-0.1, -0.05) is 29.8 Å². The van der Waals surface area contributed by atoms with Crippen LogP contribution < -0.4 is 5.32 Å². The van der Waals surface area contributed by atoms with Crippen LogP contribution in [0.25, 0.3) is 0 Å². The van der Waals surface area contributed by atoms with E-state index in [1.54, 1.807) is 29.2 Å². The molecule has 4 unspecified atom stereocenters.